The number of nitrogens with zero attached hydrogens (tertiary/aromatic N) is 1. The van der Waals surface area contributed by atoms with Crippen LogP contribution in [0.2, 0.25) is 0 Å². The van der Waals surface area contributed by atoms with E-state index in [1.807, 2.05) is 60.7 Å². The normalized spacial score (nSPS) is 26.1. The summed E-state index contributed by atoms with van der Waals surface area (Å²) in [5.74, 6) is -0.257. The minimum absolute atomic E-state index is 0.257. The Balaban J connectivity index is 2.03. The van der Waals surface area contributed by atoms with Crippen molar-refractivity contribution in [2.24, 2.45) is 0 Å². The van der Waals surface area contributed by atoms with Crippen LogP contribution in [0.4, 0.5) is 5.69 Å². The van der Waals surface area contributed by atoms with E-state index in [1.165, 1.54) is 0 Å². The van der Waals surface area contributed by atoms with Crippen LogP contribution < -0.4 is 4.90 Å². The van der Waals surface area contributed by atoms with Gasteiger partial charge in [0.1, 0.15) is 0 Å². The van der Waals surface area contributed by atoms with Crippen molar-refractivity contribution in [1.82, 2.24) is 0 Å². The second kappa shape index (κ2) is 4.21. The van der Waals surface area contributed by atoms with E-state index in [4.69, 9.17) is 0 Å². The minimum Gasteiger partial charge on any atom is -0.378 e. The van der Waals surface area contributed by atoms with Gasteiger partial charge in [-0.05, 0) is 24.6 Å². The van der Waals surface area contributed by atoms with Crippen LogP contribution in [0.1, 0.15) is 18.5 Å². The van der Waals surface area contributed by atoms with Crippen LogP contribution in [0.25, 0.3) is 0 Å². The van der Waals surface area contributed by atoms with Gasteiger partial charge in [-0.1, -0.05) is 48.5 Å². The van der Waals surface area contributed by atoms with Crippen molar-refractivity contribution in [2.45, 2.75) is 18.6 Å². The summed E-state index contributed by atoms with van der Waals surface area (Å²) in [4.78, 5) is 13.8. The van der Waals surface area contributed by atoms with Crippen molar-refractivity contribution in [3.8, 4) is 0 Å². The quantitative estimate of drug-likeness (QED) is 0.835. The number of anilines is 1. The number of hydrogen-bond acceptors (Lipinski definition) is 2. The number of β-lactam (4-membered cyclic amide) rings is 1. The average Bonchev–Trinajstić information content (AvgIpc) is 2.45. The Morgan fingerprint density at radius 3 is 2.11 bits per heavy atom. The highest BCUT2D eigenvalue weighted by atomic mass is 16.3. The topological polar surface area (TPSA) is 40.5 Å². The molecule has 0 bridgehead atoms. The summed E-state index contributed by atoms with van der Waals surface area (Å²) >= 11 is 0. The maximum absolute atomic E-state index is 12.1. The first-order valence-corrected chi connectivity index (χ1v) is 6.28. The summed E-state index contributed by atoms with van der Waals surface area (Å²) in [5.41, 5.74) is 0.417. The van der Waals surface area contributed by atoms with Gasteiger partial charge in [0.2, 0.25) is 0 Å². The molecule has 96 valence electrons. The number of amides is 1. The molecule has 2 atom stereocenters. The van der Waals surface area contributed by atoms with E-state index >= 15 is 0 Å². The molecular formula is C16H15NO2. The van der Waals surface area contributed by atoms with Crippen LogP contribution in [-0.2, 0) is 4.79 Å². The summed E-state index contributed by atoms with van der Waals surface area (Å²) in [6.07, 6.45) is 0. The van der Waals surface area contributed by atoms with Gasteiger partial charge in [-0.2, -0.15) is 0 Å². The lowest BCUT2D eigenvalue weighted by Gasteiger charge is -2.51. The van der Waals surface area contributed by atoms with Crippen molar-refractivity contribution in [1.29, 1.82) is 0 Å². The van der Waals surface area contributed by atoms with Crippen molar-refractivity contribution in [2.75, 3.05) is 4.90 Å². The molecule has 1 N–H and O–H groups in total. The molecule has 1 saturated heterocycles. The van der Waals surface area contributed by atoms with E-state index in [1.54, 1.807) is 11.8 Å². The molecule has 0 aromatic heterocycles. The lowest BCUT2D eigenvalue weighted by atomic mass is 9.79. The predicted molar refractivity (Wildman–Crippen MR) is 73.7 cm³/mol. The lowest BCUT2D eigenvalue weighted by Crippen LogP contribution is -2.67. The molecule has 1 heterocycles. The Morgan fingerprint density at radius 1 is 1.00 bits per heavy atom. The first kappa shape index (κ1) is 11.9. The number of benzene rings is 2. The van der Waals surface area contributed by atoms with E-state index in [0.717, 1.165) is 11.3 Å². The number of hydrogen-bond donors (Lipinski definition) is 1. The van der Waals surface area contributed by atoms with Gasteiger partial charge in [0.05, 0.1) is 6.04 Å². The number of para-hydroxylation sites is 1. The fourth-order valence-electron chi connectivity index (χ4n) is 2.63. The summed E-state index contributed by atoms with van der Waals surface area (Å²) in [6.45, 7) is 1.58. The third kappa shape index (κ3) is 1.74. The number of aliphatic hydroxyl groups is 1. The second-order valence-corrected chi connectivity index (χ2v) is 4.97. The van der Waals surface area contributed by atoms with Gasteiger partial charge in [0.25, 0.3) is 5.91 Å². The SMILES string of the molecule is C[C@]1(O)C(=O)N(c2ccccc2)[C@H]1c1ccccc1. The number of carbonyl (C=O) groups is 1. The van der Waals surface area contributed by atoms with Crippen LogP contribution >= 0.6 is 0 Å². The Labute approximate surface area is 112 Å². The first-order valence-electron chi connectivity index (χ1n) is 6.28. The fraction of sp³-hybridized carbons (Fsp3) is 0.188. The smallest absolute Gasteiger partial charge is 0.261 e. The maximum Gasteiger partial charge on any atom is 0.261 e. The molecule has 1 fully saturated rings. The standard InChI is InChI=1S/C16H15NO2/c1-16(19)14(12-8-4-2-5-9-12)17(15(16)18)13-10-6-3-7-11-13/h2-11,14,19H,1H3/t14-,16+/m0/s1. The lowest BCUT2D eigenvalue weighted by molar-refractivity contribution is -0.151. The van der Waals surface area contributed by atoms with Crippen molar-refractivity contribution >= 4 is 11.6 Å². The van der Waals surface area contributed by atoms with Crippen LogP contribution in [0, 0.1) is 0 Å². The largest absolute Gasteiger partial charge is 0.378 e. The van der Waals surface area contributed by atoms with Gasteiger partial charge in [0.15, 0.2) is 5.60 Å². The highest BCUT2D eigenvalue weighted by Gasteiger charge is 2.57. The molecule has 0 saturated carbocycles. The van der Waals surface area contributed by atoms with Gasteiger partial charge in [-0.3, -0.25) is 9.69 Å². The van der Waals surface area contributed by atoms with Gasteiger partial charge >= 0.3 is 0 Å². The van der Waals surface area contributed by atoms with Gasteiger partial charge in [0, 0.05) is 5.69 Å². The number of carbonyl (C=O) groups excluding carboxylic acids is 1. The van der Waals surface area contributed by atoms with Crippen LogP contribution in [0.15, 0.2) is 60.7 Å². The molecule has 0 spiro atoms. The number of rotatable bonds is 2. The summed E-state index contributed by atoms with van der Waals surface area (Å²) in [5, 5.41) is 10.3. The van der Waals surface area contributed by atoms with E-state index in [2.05, 4.69) is 0 Å². The molecule has 19 heavy (non-hydrogen) atoms. The van der Waals surface area contributed by atoms with E-state index in [0.29, 0.717) is 0 Å². The van der Waals surface area contributed by atoms with Gasteiger partial charge in [-0.15, -0.1) is 0 Å². The molecule has 0 aliphatic carbocycles. The molecule has 0 radical (unpaired) electrons. The van der Waals surface area contributed by atoms with E-state index in [9.17, 15) is 9.90 Å². The van der Waals surface area contributed by atoms with Crippen LogP contribution in [-0.4, -0.2) is 16.6 Å². The zero-order valence-electron chi connectivity index (χ0n) is 10.7. The molecule has 3 heteroatoms. The van der Waals surface area contributed by atoms with Crippen molar-refractivity contribution in [3.63, 3.8) is 0 Å². The molecule has 1 aliphatic heterocycles. The second-order valence-electron chi connectivity index (χ2n) is 4.97. The van der Waals surface area contributed by atoms with Crippen LogP contribution in [0.3, 0.4) is 0 Å². The third-order valence-corrected chi connectivity index (χ3v) is 3.59. The minimum atomic E-state index is -1.34. The Kier molecular flexibility index (Phi) is 2.64. The highest BCUT2D eigenvalue weighted by Crippen LogP contribution is 2.45. The van der Waals surface area contributed by atoms with Crippen molar-refractivity contribution in [3.05, 3.63) is 66.2 Å². The first-order chi connectivity index (χ1) is 9.12. The monoisotopic (exact) mass is 253 g/mol. The molecule has 3 nitrogen and oxygen atoms in total. The average molecular weight is 253 g/mol. The molecule has 3 rings (SSSR count). The summed E-state index contributed by atoms with van der Waals surface area (Å²) in [6, 6.07) is 18.7. The molecular weight excluding hydrogens is 238 g/mol. The van der Waals surface area contributed by atoms with Gasteiger partial charge < -0.3 is 5.11 Å². The zero-order valence-corrected chi connectivity index (χ0v) is 10.7. The molecule has 1 aliphatic rings. The molecule has 1 amide bonds. The molecule has 0 unspecified atom stereocenters. The molecule has 2 aromatic carbocycles. The molecule has 2 aromatic rings. The maximum atomic E-state index is 12.1. The zero-order chi connectivity index (χ0) is 13.5. The van der Waals surface area contributed by atoms with Crippen molar-refractivity contribution < 1.29 is 9.90 Å². The Hall–Kier alpha value is -2.13. The Bertz CT molecular complexity index is 593. The third-order valence-electron chi connectivity index (χ3n) is 3.59. The summed E-state index contributed by atoms with van der Waals surface area (Å²) < 4.78 is 0. The predicted octanol–water partition coefficient (Wildman–Crippen LogP) is 2.53. The van der Waals surface area contributed by atoms with E-state index in [-0.39, 0.29) is 11.9 Å². The fourth-order valence-corrected chi connectivity index (χ4v) is 2.63. The van der Waals surface area contributed by atoms with Crippen LogP contribution in [0.5, 0.6) is 0 Å². The van der Waals surface area contributed by atoms with E-state index < -0.39 is 5.60 Å². The Morgan fingerprint density at radius 2 is 1.53 bits per heavy atom. The van der Waals surface area contributed by atoms with Gasteiger partial charge in [-0.25, -0.2) is 0 Å². The summed E-state index contributed by atoms with van der Waals surface area (Å²) in [7, 11) is 0. The highest BCUT2D eigenvalue weighted by molar-refractivity contribution is 6.07.